The molecule has 0 bridgehead atoms. The number of hydrogen-bond acceptors (Lipinski definition) is 2. The van der Waals surface area contributed by atoms with Gasteiger partial charge in [-0.1, -0.05) is 24.3 Å². The summed E-state index contributed by atoms with van der Waals surface area (Å²) in [5.41, 5.74) is 1.35. The van der Waals surface area contributed by atoms with Crippen LogP contribution in [0.3, 0.4) is 0 Å². The van der Waals surface area contributed by atoms with Crippen molar-refractivity contribution in [3.8, 4) is 0 Å². The van der Waals surface area contributed by atoms with Crippen molar-refractivity contribution in [1.82, 2.24) is 10.6 Å². The highest BCUT2D eigenvalue weighted by Crippen LogP contribution is 2.29. The average Bonchev–Trinajstić information content (AvgIpc) is 2.64. The molecule has 28 heavy (non-hydrogen) atoms. The Hall–Kier alpha value is -2.87. The minimum Gasteiger partial charge on any atom is -0.350 e. The highest BCUT2D eigenvalue weighted by atomic mass is 19.4. The van der Waals surface area contributed by atoms with Crippen molar-refractivity contribution in [2.45, 2.75) is 19.3 Å². The second-order valence-electron chi connectivity index (χ2n) is 6.73. The van der Waals surface area contributed by atoms with Gasteiger partial charge in [-0.2, -0.15) is 13.2 Å². The first-order valence-electron chi connectivity index (χ1n) is 8.74. The lowest BCUT2D eigenvalue weighted by Crippen LogP contribution is -3.04. The number of amides is 2. The van der Waals surface area contributed by atoms with Gasteiger partial charge >= 0.3 is 6.18 Å². The van der Waals surface area contributed by atoms with Gasteiger partial charge < -0.3 is 15.5 Å². The molecule has 2 aromatic carbocycles. The predicted molar refractivity (Wildman–Crippen MR) is 98.6 cm³/mol. The molecule has 2 rings (SSSR count). The van der Waals surface area contributed by atoms with E-state index in [1.165, 1.54) is 10.5 Å². The molecule has 0 radical (unpaired) electrons. The van der Waals surface area contributed by atoms with Gasteiger partial charge in [-0.3, -0.25) is 9.59 Å². The van der Waals surface area contributed by atoms with E-state index in [0.717, 1.165) is 36.4 Å². The fourth-order valence-corrected chi connectivity index (χ4v) is 2.52. The van der Waals surface area contributed by atoms with Crippen LogP contribution >= 0.6 is 0 Å². The summed E-state index contributed by atoms with van der Waals surface area (Å²) in [5.74, 6) is -0.999. The number of alkyl halides is 3. The Bertz CT molecular complexity index is 801. The van der Waals surface area contributed by atoms with Crippen LogP contribution in [0.25, 0.3) is 0 Å². The Labute approximate surface area is 161 Å². The van der Waals surface area contributed by atoms with Gasteiger partial charge in [0.05, 0.1) is 26.2 Å². The predicted octanol–water partition coefficient (Wildman–Crippen LogP) is 1.40. The summed E-state index contributed by atoms with van der Waals surface area (Å²) < 4.78 is 37.6. The fraction of sp³-hybridized carbons (Fsp3) is 0.300. The van der Waals surface area contributed by atoms with Crippen molar-refractivity contribution in [1.29, 1.82) is 0 Å². The number of carbonyl (C=O) groups is 2. The summed E-state index contributed by atoms with van der Waals surface area (Å²) in [7, 11) is 4.13. The first-order valence-corrected chi connectivity index (χ1v) is 8.74. The van der Waals surface area contributed by atoms with Crippen LogP contribution < -0.4 is 15.5 Å². The molecule has 8 heteroatoms. The zero-order valence-corrected chi connectivity index (χ0v) is 15.7. The Balaban J connectivity index is 1.78. The number of hydrogen-bond donors (Lipinski definition) is 3. The van der Waals surface area contributed by atoms with Gasteiger partial charge in [0.15, 0.2) is 0 Å². The molecule has 0 aliphatic rings. The molecule has 0 spiro atoms. The van der Waals surface area contributed by atoms with Gasteiger partial charge in [0.25, 0.3) is 5.91 Å². The fourth-order valence-electron chi connectivity index (χ4n) is 2.52. The largest absolute Gasteiger partial charge is 0.416 e. The highest BCUT2D eigenvalue weighted by Gasteiger charge is 2.30. The molecule has 0 fully saturated rings. The molecule has 0 aliphatic heterocycles. The van der Waals surface area contributed by atoms with E-state index in [9.17, 15) is 22.8 Å². The second kappa shape index (κ2) is 9.36. The van der Waals surface area contributed by atoms with Crippen LogP contribution in [0, 0.1) is 0 Å². The van der Waals surface area contributed by atoms with Gasteiger partial charge in [-0.15, -0.1) is 0 Å². The lowest BCUT2D eigenvalue weighted by Gasteiger charge is -2.10. The number of quaternary nitrogens is 1. The van der Waals surface area contributed by atoms with Crippen LogP contribution in [-0.2, 0) is 24.1 Å². The summed E-state index contributed by atoms with van der Waals surface area (Å²) in [4.78, 5) is 25.1. The summed E-state index contributed by atoms with van der Waals surface area (Å²) in [6, 6.07) is 11.7. The van der Waals surface area contributed by atoms with Crippen LogP contribution in [-0.4, -0.2) is 32.5 Å². The first-order chi connectivity index (χ1) is 13.1. The maximum Gasteiger partial charge on any atom is 0.416 e. The lowest BCUT2D eigenvalue weighted by molar-refractivity contribution is -0.872. The molecule has 150 valence electrons. The zero-order chi connectivity index (χ0) is 20.7. The summed E-state index contributed by atoms with van der Waals surface area (Å²) in [5, 5.41) is 5.08. The Morgan fingerprint density at radius 3 is 2.00 bits per heavy atom. The number of halogens is 3. The maximum atomic E-state index is 12.5. The topological polar surface area (TPSA) is 62.6 Å². The molecule has 0 aliphatic carbocycles. The summed E-state index contributed by atoms with van der Waals surface area (Å²) >= 11 is 0. The van der Waals surface area contributed by atoms with Crippen molar-refractivity contribution in [2.24, 2.45) is 0 Å². The van der Waals surface area contributed by atoms with Crippen LogP contribution in [0.2, 0.25) is 0 Å². The minimum absolute atomic E-state index is 0.0550. The van der Waals surface area contributed by atoms with Crippen molar-refractivity contribution in [2.75, 3.05) is 20.6 Å². The quantitative estimate of drug-likeness (QED) is 0.665. The van der Waals surface area contributed by atoms with E-state index in [0.29, 0.717) is 6.54 Å². The average molecular weight is 394 g/mol. The molecule has 5 nitrogen and oxygen atoms in total. The molecule has 0 unspecified atom stereocenters. The van der Waals surface area contributed by atoms with E-state index >= 15 is 0 Å². The Kier molecular flexibility index (Phi) is 7.17. The molecule has 2 aromatic rings. The third-order valence-electron chi connectivity index (χ3n) is 3.95. The smallest absolute Gasteiger partial charge is 0.350 e. The van der Waals surface area contributed by atoms with E-state index in [-0.39, 0.29) is 18.0 Å². The van der Waals surface area contributed by atoms with Crippen LogP contribution in [0.15, 0.2) is 48.5 Å². The molecule has 0 saturated carbocycles. The van der Waals surface area contributed by atoms with Crippen LogP contribution in [0.1, 0.15) is 27.0 Å². The molecule has 0 aromatic heterocycles. The lowest BCUT2D eigenvalue weighted by atomic mass is 10.1. The Morgan fingerprint density at radius 1 is 0.893 bits per heavy atom. The molecule has 0 atom stereocenters. The Morgan fingerprint density at radius 2 is 1.46 bits per heavy atom. The number of benzene rings is 2. The van der Waals surface area contributed by atoms with Gasteiger partial charge in [0, 0.05) is 17.7 Å². The van der Waals surface area contributed by atoms with Gasteiger partial charge in [-0.05, 0) is 29.8 Å². The van der Waals surface area contributed by atoms with Crippen molar-refractivity contribution in [3.63, 3.8) is 0 Å². The molecule has 0 saturated heterocycles. The number of nitrogens with one attached hydrogen (secondary N) is 3. The summed E-state index contributed by atoms with van der Waals surface area (Å²) in [6.07, 6.45) is -4.46. The van der Waals surface area contributed by atoms with Gasteiger partial charge in [0.2, 0.25) is 5.91 Å². The number of carbonyl (C=O) groups excluding carboxylic acids is 2. The normalized spacial score (nSPS) is 11.4. The third kappa shape index (κ3) is 6.70. The highest BCUT2D eigenvalue weighted by molar-refractivity contribution is 5.96. The van der Waals surface area contributed by atoms with E-state index in [2.05, 4.69) is 24.7 Å². The maximum absolute atomic E-state index is 12.5. The van der Waals surface area contributed by atoms with Gasteiger partial charge in [-0.25, -0.2) is 0 Å². The molecular formula is C20H23F3N3O2+. The van der Waals surface area contributed by atoms with E-state index < -0.39 is 17.6 Å². The first kappa shape index (κ1) is 21.4. The van der Waals surface area contributed by atoms with Crippen molar-refractivity contribution < 1.29 is 27.7 Å². The molecular weight excluding hydrogens is 371 g/mol. The van der Waals surface area contributed by atoms with E-state index in [4.69, 9.17) is 0 Å². The SMILES string of the molecule is C[NH+](C)Cc1ccc(CNC(=O)CNC(=O)c2ccc(C(F)(F)F)cc2)cc1. The van der Waals surface area contributed by atoms with Crippen LogP contribution in [0.5, 0.6) is 0 Å². The van der Waals surface area contributed by atoms with Crippen molar-refractivity contribution in [3.05, 3.63) is 70.8 Å². The zero-order valence-electron chi connectivity index (χ0n) is 15.7. The minimum atomic E-state index is -4.46. The summed E-state index contributed by atoms with van der Waals surface area (Å²) in [6.45, 7) is 0.967. The molecule has 0 heterocycles. The third-order valence-corrected chi connectivity index (χ3v) is 3.95. The monoisotopic (exact) mass is 394 g/mol. The van der Waals surface area contributed by atoms with Gasteiger partial charge in [0.1, 0.15) is 6.54 Å². The standard InChI is InChI=1S/C20H22F3N3O2/c1-26(2)13-15-5-3-14(4-6-15)11-24-18(27)12-25-19(28)16-7-9-17(10-8-16)20(21,22)23/h3-10H,11-13H2,1-2H3,(H,24,27)(H,25,28)/p+1. The molecule has 3 N–H and O–H groups in total. The van der Waals surface area contributed by atoms with E-state index in [1.807, 2.05) is 24.3 Å². The molecule has 2 amide bonds. The van der Waals surface area contributed by atoms with E-state index in [1.54, 1.807) is 0 Å². The van der Waals surface area contributed by atoms with Crippen LogP contribution in [0.4, 0.5) is 13.2 Å². The van der Waals surface area contributed by atoms with Crippen molar-refractivity contribution >= 4 is 11.8 Å². The second-order valence-corrected chi connectivity index (χ2v) is 6.73. The number of rotatable bonds is 7.